The van der Waals surface area contributed by atoms with Crippen LogP contribution in [0.1, 0.15) is 32.4 Å². The molecule has 2 aromatic carbocycles. The first-order valence-electron chi connectivity index (χ1n) is 9.40. The summed E-state index contributed by atoms with van der Waals surface area (Å²) in [7, 11) is -4.49. The number of benzene rings is 2. The number of amides is 1. The molecule has 3 atom stereocenters. The molecule has 0 saturated carbocycles. The molecule has 10 nitrogen and oxygen atoms in total. The molecule has 0 heterocycles. The molecule has 31 heavy (non-hydrogen) atoms. The van der Waals surface area contributed by atoms with Crippen LogP contribution in [0.4, 0.5) is 5.69 Å². The zero-order valence-electron chi connectivity index (χ0n) is 17.2. The van der Waals surface area contributed by atoms with Crippen molar-refractivity contribution in [2.24, 2.45) is 0 Å². The highest BCUT2D eigenvalue weighted by Gasteiger charge is 2.37. The third-order valence-corrected chi connectivity index (χ3v) is 5.64. The minimum absolute atomic E-state index is 0.456. The third-order valence-electron chi connectivity index (χ3n) is 4.15. The number of esters is 1. The molecule has 2 rings (SSSR count). The van der Waals surface area contributed by atoms with Gasteiger partial charge in [0.25, 0.3) is 0 Å². The molecule has 168 valence electrons. The lowest BCUT2D eigenvalue weighted by molar-refractivity contribution is -0.992. The Morgan fingerprint density at radius 3 is 2.19 bits per heavy atom. The summed E-state index contributed by atoms with van der Waals surface area (Å²) in [5.74, 6) is -1.42. The van der Waals surface area contributed by atoms with Crippen molar-refractivity contribution in [2.75, 3.05) is 0 Å². The average Bonchev–Trinajstić information content (AvgIpc) is 2.70. The molecule has 0 aliphatic carbocycles. The number of hydrogen-bond donors (Lipinski definition) is 4. The van der Waals surface area contributed by atoms with Crippen LogP contribution in [0.2, 0.25) is 0 Å². The van der Waals surface area contributed by atoms with Gasteiger partial charge in [-0.3, -0.25) is 9.59 Å². The molecule has 11 heteroatoms. The van der Waals surface area contributed by atoms with Gasteiger partial charge in [0.1, 0.15) is 10.9 Å². The van der Waals surface area contributed by atoms with E-state index in [0.717, 1.165) is 12.1 Å². The Morgan fingerprint density at radius 2 is 1.65 bits per heavy atom. The highest BCUT2D eigenvalue weighted by molar-refractivity contribution is 7.89. The molecule has 0 fully saturated rings. The van der Waals surface area contributed by atoms with E-state index in [9.17, 15) is 28.4 Å². The minimum Gasteiger partial charge on any atom is -0.595 e. The van der Waals surface area contributed by atoms with Crippen LogP contribution in [-0.2, 0) is 24.3 Å². The second kappa shape index (κ2) is 10.5. The summed E-state index contributed by atoms with van der Waals surface area (Å²) < 4.78 is 33.6. The lowest BCUT2D eigenvalue weighted by Gasteiger charge is -2.28. The number of para-hydroxylation sites is 1. The van der Waals surface area contributed by atoms with Gasteiger partial charge in [-0.15, -0.1) is 0 Å². The maximum Gasteiger partial charge on any atom is 0.326 e. The molecular weight excluding hydrogens is 426 g/mol. The smallest absolute Gasteiger partial charge is 0.326 e. The maximum atomic E-state index is 13.1. The Labute approximate surface area is 180 Å². The van der Waals surface area contributed by atoms with Crippen molar-refractivity contribution in [2.45, 2.75) is 43.9 Å². The Hall–Kier alpha value is -2.83. The van der Waals surface area contributed by atoms with Gasteiger partial charge in [-0.1, -0.05) is 42.5 Å². The zero-order chi connectivity index (χ0) is 23.2. The van der Waals surface area contributed by atoms with E-state index in [1.54, 1.807) is 44.2 Å². The van der Waals surface area contributed by atoms with Crippen LogP contribution in [0.15, 0.2) is 59.5 Å². The molecule has 0 aromatic heterocycles. The fraction of sp³-hybridized carbons (Fsp3) is 0.300. The van der Waals surface area contributed by atoms with Gasteiger partial charge in [0.05, 0.1) is 12.1 Å². The van der Waals surface area contributed by atoms with Crippen LogP contribution in [0.3, 0.4) is 0 Å². The Bertz CT molecular complexity index is 1010. The van der Waals surface area contributed by atoms with Crippen LogP contribution in [0.5, 0.6) is 0 Å². The second-order valence-corrected chi connectivity index (χ2v) is 8.66. The van der Waals surface area contributed by atoms with E-state index in [1.807, 2.05) is 0 Å². The summed E-state index contributed by atoms with van der Waals surface area (Å²) >= 11 is 0. The number of ether oxygens (including phenoxy) is 1. The standard InChI is InChI=1S/C20H25N3O7S/c1-13(2)30-20(25)19(18(21-14(3)24)15-9-5-4-6-10-15)22-31(28,29)17-12-8-7-11-16(17)23(26)27/h4-13,18-19,22-23,26H,1-3H3,(H,21,24). The highest BCUT2D eigenvalue weighted by Crippen LogP contribution is 2.23. The quantitative estimate of drug-likeness (QED) is 0.321. The normalized spacial score (nSPS) is 14.5. The number of carbonyl (C=O) groups excluding carboxylic acids is 2. The van der Waals surface area contributed by atoms with Gasteiger partial charge in [0.2, 0.25) is 15.9 Å². The molecule has 0 radical (unpaired) electrons. The first-order valence-corrected chi connectivity index (χ1v) is 10.9. The van der Waals surface area contributed by atoms with E-state index < -0.39 is 55.9 Å². The minimum atomic E-state index is -4.49. The fourth-order valence-corrected chi connectivity index (χ4v) is 4.30. The number of sulfonamides is 1. The average molecular weight is 452 g/mol. The number of quaternary nitrogens is 1. The predicted molar refractivity (Wildman–Crippen MR) is 111 cm³/mol. The summed E-state index contributed by atoms with van der Waals surface area (Å²) in [6.45, 7) is 4.42. The van der Waals surface area contributed by atoms with Crippen molar-refractivity contribution < 1.29 is 33.2 Å². The van der Waals surface area contributed by atoms with Crippen LogP contribution >= 0.6 is 0 Å². The maximum absolute atomic E-state index is 13.1. The first kappa shape index (κ1) is 24.4. The predicted octanol–water partition coefficient (Wildman–Crippen LogP) is 0.566. The van der Waals surface area contributed by atoms with Crippen molar-refractivity contribution in [1.82, 2.24) is 10.0 Å². The van der Waals surface area contributed by atoms with Crippen molar-refractivity contribution in [1.29, 1.82) is 0 Å². The van der Waals surface area contributed by atoms with Crippen molar-refractivity contribution in [3.05, 3.63) is 65.4 Å². The number of rotatable bonds is 9. The summed E-state index contributed by atoms with van der Waals surface area (Å²) in [6, 6.07) is 10.7. The monoisotopic (exact) mass is 451 g/mol. The second-order valence-electron chi connectivity index (χ2n) is 6.97. The van der Waals surface area contributed by atoms with Gasteiger partial charge < -0.3 is 15.3 Å². The fourth-order valence-electron chi connectivity index (χ4n) is 2.90. The molecule has 3 unspecified atom stereocenters. The summed E-state index contributed by atoms with van der Waals surface area (Å²) in [4.78, 5) is 24.2. The van der Waals surface area contributed by atoms with Gasteiger partial charge in [-0.2, -0.15) is 9.95 Å². The molecule has 4 N–H and O–H groups in total. The van der Waals surface area contributed by atoms with E-state index >= 15 is 0 Å². The highest BCUT2D eigenvalue weighted by atomic mass is 32.2. The molecule has 0 aliphatic heterocycles. The molecule has 1 amide bonds. The van der Waals surface area contributed by atoms with E-state index in [-0.39, 0.29) is 0 Å². The lowest BCUT2D eigenvalue weighted by atomic mass is 10.00. The third kappa shape index (κ3) is 6.57. The summed E-state index contributed by atoms with van der Waals surface area (Å²) in [5.41, 5.74) is -0.000564. The zero-order valence-corrected chi connectivity index (χ0v) is 18.0. The SMILES string of the molecule is CC(=O)NC(c1ccccc1)C(NS(=O)(=O)c1ccccc1[NH+]([O-])O)C(=O)OC(C)C. The molecule has 0 bridgehead atoms. The molecule has 0 saturated heterocycles. The van der Waals surface area contributed by atoms with Gasteiger partial charge in [-0.05, 0) is 25.5 Å². The number of nitrogens with one attached hydrogen (secondary N) is 3. The van der Waals surface area contributed by atoms with Gasteiger partial charge in [0.15, 0.2) is 5.69 Å². The van der Waals surface area contributed by atoms with Gasteiger partial charge in [0, 0.05) is 13.0 Å². The molecule has 0 spiro atoms. The van der Waals surface area contributed by atoms with Gasteiger partial charge >= 0.3 is 5.97 Å². The Morgan fingerprint density at radius 1 is 1.06 bits per heavy atom. The van der Waals surface area contributed by atoms with E-state index in [4.69, 9.17) is 4.74 Å². The summed E-state index contributed by atoms with van der Waals surface area (Å²) in [5, 5.41) is 22.0. The van der Waals surface area contributed by atoms with Crippen LogP contribution < -0.4 is 15.3 Å². The summed E-state index contributed by atoms with van der Waals surface area (Å²) in [6.07, 6.45) is -0.556. The number of carbonyl (C=O) groups is 2. The van der Waals surface area contributed by atoms with E-state index in [1.165, 1.54) is 19.1 Å². The van der Waals surface area contributed by atoms with E-state index in [2.05, 4.69) is 10.0 Å². The van der Waals surface area contributed by atoms with Crippen LogP contribution in [-0.4, -0.2) is 37.6 Å². The molecule has 0 aliphatic rings. The largest absolute Gasteiger partial charge is 0.595 e. The Balaban J connectivity index is 2.55. The topological polar surface area (TPSA) is 149 Å². The van der Waals surface area contributed by atoms with E-state index in [0.29, 0.717) is 5.56 Å². The lowest BCUT2D eigenvalue weighted by Crippen LogP contribution is -2.99. The van der Waals surface area contributed by atoms with Crippen molar-refractivity contribution in [3.8, 4) is 0 Å². The van der Waals surface area contributed by atoms with Crippen LogP contribution in [0, 0.1) is 5.21 Å². The van der Waals surface area contributed by atoms with Crippen LogP contribution in [0.25, 0.3) is 0 Å². The van der Waals surface area contributed by atoms with Gasteiger partial charge in [-0.25, -0.2) is 13.6 Å². The first-order chi connectivity index (χ1) is 14.5. The van der Waals surface area contributed by atoms with Crippen molar-refractivity contribution in [3.63, 3.8) is 0 Å². The number of hydrogen-bond acceptors (Lipinski definition) is 7. The molecule has 2 aromatic rings. The molecular formula is C20H25N3O7S. The Kier molecular flexibility index (Phi) is 8.25. The van der Waals surface area contributed by atoms with Crippen molar-refractivity contribution >= 4 is 27.6 Å².